The smallest absolute Gasteiger partial charge is 0.243 e. The Bertz CT molecular complexity index is 745. The number of piperazine rings is 1. The fraction of sp³-hybridized carbons (Fsp3) is 0.667. The molecule has 2 aliphatic rings. The quantitative estimate of drug-likeness (QED) is 0.719. The summed E-state index contributed by atoms with van der Waals surface area (Å²) < 4.78 is 33.0. The molecule has 9 heteroatoms. The monoisotopic (exact) mass is 467 g/mol. The highest BCUT2D eigenvalue weighted by molar-refractivity contribution is 5.89. The minimum atomic E-state index is -0.913. The molecule has 0 bridgehead atoms. The Morgan fingerprint density at radius 3 is 2.33 bits per heavy atom. The average Bonchev–Trinajstić information content (AvgIpc) is 2.66. The number of nitrogens with two attached hydrogens (primary N) is 1. The fourth-order valence-electron chi connectivity index (χ4n) is 4.43. The Hall–Kier alpha value is -0.990. The standard InChI is InChI=1S/C21H31F2N3O2.2ClH/c1-5-28-18-13-21(24,20(18,3)4)19(27)26-10-8-25(9-11-26)14(2)16-7-6-15(22)12-17(16)23;;/h6-7,12,14,18H,5,8-11,13,24H2,1-4H3;2*1H. The largest absolute Gasteiger partial charge is 0.378 e. The van der Waals surface area contributed by atoms with E-state index in [9.17, 15) is 13.6 Å². The maximum absolute atomic E-state index is 14.1. The van der Waals surface area contributed by atoms with Crippen LogP contribution in [0.25, 0.3) is 0 Å². The van der Waals surface area contributed by atoms with Crippen molar-refractivity contribution >= 4 is 30.7 Å². The zero-order valence-electron chi connectivity index (χ0n) is 18.0. The van der Waals surface area contributed by atoms with E-state index in [0.29, 0.717) is 44.8 Å². The van der Waals surface area contributed by atoms with Gasteiger partial charge in [-0.2, -0.15) is 0 Å². The van der Waals surface area contributed by atoms with Gasteiger partial charge in [-0.3, -0.25) is 9.69 Å². The number of ether oxygens (including phenoxy) is 1. The first kappa shape index (κ1) is 27.0. The van der Waals surface area contributed by atoms with E-state index in [0.717, 1.165) is 6.07 Å². The SMILES string of the molecule is CCOC1CC(N)(C(=O)N2CCN(C(C)c3ccc(F)cc3F)CC2)C1(C)C.Cl.Cl. The van der Waals surface area contributed by atoms with E-state index in [1.807, 2.05) is 32.6 Å². The van der Waals surface area contributed by atoms with Crippen molar-refractivity contribution in [3.05, 3.63) is 35.4 Å². The molecule has 1 saturated heterocycles. The normalized spacial score (nSPS) is 26.8. The van der Waals surface area contributed by atoms with Gasteiger partial charge in [0.15, 0.2) is 0 Å². The van der Waals surface area contributed by atoms with E-state index in [2.05, 4.69) is 4.90 Å². The van der Waals surface area contributed by atoms with Gasteiger partial charge in [-0.25, -0.2) is 8.78 Å². The Labute approximate surface area is 190 Å². The van der Waals surface area contributed by atoms with Gasteiger partial charge in [0.05, 0.1) is 6.10 Å². The van der Waals surface area contributed by atoms with Crippen molar-refractivity contribution in [1.29, 1.82) is 0 Å². The Kier molecular flexibility index (Phi) is 9.09. The van der Waals surface area contributed by atoms with Gasteiger partial charge in [0.1, 0.15) is 17.2 Å². The Morgan fingerprint density at radius 2 is 1.83 bits per heavy atom. The van der Waals surface area contributed by atoms with E-state index in [-0.39, 0.29) is 42.9 Å². The highest BCUT2D eigenvalue weighted by Crippen LogP contribution is 2.50. The van der Waals surface area contributed by atoms with Gasteiger partial charge in [-0.05, 0) is 19.9 Å². The number of hydrogen-bond acceptors (Lipinski definition) is 4. The van der Waals surface area contributed by atoms with E-state index in [1.165, 1.54) is 12.1 Å². The molecule has 5 nitrogen and oxygen atoms in total. The Morgan fingerprint density at radius 1 is 1.23 bits per heavy atom. The van der Waals surface area contributed by atoms with Crippen molar-refractivity contribution in [2.75, 3.05) is 32.8 Å². The van der Waals surface area contributed by atoms with Gasteiger partial charge in [0, 0.05) is 62.3 Å². The number of amides is 1. The maximum Gasteiger partial charge on any atom is 0.243 e. The highest BCUT2D eigenvalue weighted by atomic mass is 35.5. The summed E-state index contributed by atoms with van der Waals surface area (Å²) >= 11 is 0. The third-order valence-electron chi connectivity index (χ3n) is 6.77. The summed E-state index contributed by atoms with van der Waals surface area (Å²) in [6.07, 6.45) is 0.526. The summed E-state index contributed by atoms with van der Waals surface area (Å²) in [6, 6.07) is 3.50. The molecule has 3 unspecified atom stereocenters. The molecular weight excluding hydrogens is 435 g/mol. The van der Waals surface area contributed by atoms with Crippen LogP contribution in [-0.2, 0) is 9.53 Å². The first-order valence-corrected chi connectivity index (χ1v) is 10.0. The highest BCUT2D eigenvalue weighted by Gasteiger charge is 2.63. The van der Waals surface area contributed by atoms with Crippen molar-refractivity contribution in [3.63, 3.8) is 0 Å². The first-order valence-electron chi connectivity index (χ1n) is 10.0. The van der Waals surface area contributed by atoms with Crippen LogP contribution in [0, 0.1) is 17.0 Å². The van der Waals surface area contributed by atoms with E-state index >= 15 is 0 Å². The molecule has 172 valence electrons. The van der Waals surface area contributed by atoms with Gasteiger partial charge in [-0.1, -0.05) is 19.9 Å². The van der Waals surface area contributed by atoms with Crippen LogP contribution in [0.15, 0.2) is 18.2 Å². The third-order valence-corrected chi connectivity index (χ3v) is 6.77. The zero-order valence-corrected chi connectivity index (χ0v) is 19.6. The second-order valence-electron chi connectivity index (χ2n) is 8.51. The predicted octanol–water partition coefficient (Wildman–Crippen LogP) is 3.55. The summed E-state index contributed by atoms with van der Waals surface area (Å²) in [5, 5.41) is 0. The van der Waals surface area contributed by atoms with Crippen molar-refractivity contribution in [2.24, 2.45) is 11.1 Å². The predicted molar refractivity (Wildman–Crippen MR) is 118 cm³/mol. The topological polar surface area (TPSA) is 58.8 Å². The summed E-state index contributed by atoms with van der Waals surface area (Å²) in [7, 11) is 0. The first-order chi connectivity index (χ1) is 13.1. The van der Waals surface area contributed by atoms with Crippen LogP contribution in [0.2, 0.25) is 0 Å². The number of rotatable bonds is 5. The van der Waals surface area contributed by atoms with Crippen molar-refractivity contribution < 1.29 is 18.3 Å². The molecule has 30 heavy (non-hydrogen) atoms. The van der Waals surface area contributed by atoms with E-state index < -0.39 is 22.6 Å². The third kappa shape index (κ3) is 4.60. The lowest BCUT2D eigenvalue weighted by Gasteiger charge is -2.59. The van der Waals surface area contributed by atoms with Crippen LogP contribution in [0.5, 0.6) is 0 Å². The van der Waals surface area contributed by atoms with E-state index in [4.69, 9.17) is 10.5 Å². The minimum absolute atomic E-state index is 0. The molecule has 1 aliphatic carbocycles. The molecule has 1 saturated carbocycles. The zero-order chi connectivity index (χ0) is 20.7. The molecule has 1 heterocycles. The molecule has 2 N–H and O–H groups in total. The molecule has 0 radical (unpaired) electrons. The van der Waals surface area contributed by atoms with Gasteiger partial charge < -0.3 is 15.4 Å². The summed E-state index contributed by atoms with van der Waals surface area (Å²) in [4.78, 5) is 17.1. The minimum Gasteiger partial charge on any atom is -0.378 e. The molecule has 3 rings (SSSR count). The lowest BCUT2D eigenvalue weighted by Crippen LogP contribution is -2.76. The molecule has 1 aromatic carbocycles. The van der Waals surface area contributed by atoms with Gasteiger partial charge >= 0.3 is 0 Å². The molecule has 1 aromatic rings. The Balaban J connectivity index is 0.00000225. The molecule has 3 atom stereocenters. The van der Waals surface area contributed by atoms with Crippen molar-refractivity contribution in [1.82, 2.24) is 9.80 Å². The number of benzene rings is 1. The summed E-state index contributed by atoms with van der Waals surface area (Å²) in [6.45, 7) is 10.8. The molecule has 0 spiro atoms. The average molecular weight is 468 g/mol. The maximum atomic E-state index is 14.1. The van der Waals surface area contributed by atoms with Crippen LogP contribution in [0.3, 0.4) is 0 Å². The lowest BCUT2D eigenvalue weighted by molar-refractivity contribution is -0.180. The van der Waals surface area contributed by atoms with Gasteiger partial charge in [0.2, 0.25) is 5.91 Å². The van der Waals surface area contributed by atoms with Crippen LogP contribution in [0.4, 0.5) is 8.78 Å². The van der Waals surface area contributed by atoms with Crippen molar-refractivity contribution in [2.45, 2.75) is 51.8 Å². The molecule has 2 fully saturated rings. The van der Waals surface area contributed by atoms with Crippen LogP contribution < -0.4 is 5.73 Å². The second kappa shape index (κ2) is 10.1. The molecule has 0 aromatic heterocycles. The number of carbonyl (C=O) groups is 1. The van der Waals surface area contributed by atoms with Crippen LogP contribution in [-0.4, -0.2) is 60.1 Å². The lowest BCUT2D eigenvalue weighted by atomic mass is 9.54. The molecule has 1 amide bonds. The molecule has 1 aliphatic heterocycles. The van der Waals surface area contributed by atoms with Gasteiger partial charge in [-0.15, -0.1) is 24.8 Å². The summed E-state index contributed by atoms with van der Waals surface area (Å²) in [5.74, 6) is -1.15. The number of hydrogen-bond donors (Lipinski definition) is 1. The number of halogens is 4. The molecular formula is C21H33Cl2F2N3O2. The second-order valence-corrected chi connectivity index (χ2v) is 8.51. The van der Waals surface area contributed by atoms with Crippen molar-refractivity contribution in [3.8, 4) is 0 Å². The number of carbonyl (C=O) groups excluding carboxylic acids is 1. The fourth-order valence-corrected chi connectivity index (χ4v) is 4.43. The number of nitrogens with zero attached hydrogens (tertiary/aromatic N) is 2. The van der Waals surface area contributed by atoms with E-state index in [1.54, 1.807) is 0 Å². The van der Waals surface area contributed by atoms with Crippen LogP contribution >= 0.6 is 24.8 Å². The summed E-state index contributed by atoms with van der Waals surface area (Å²) in [5.41, 5.74) is 5.67. The van der Waals surface area contributed by atoms with Gasteiger partial charge in [0.25, 0.3) is 0 Å². The van der Waals surface area contributed by atoms with Crippen LogP contribution in [0.1, 0.15) is 45.7 Å².